The first-order valence-electron chi connectivity index (χ1n) is 4.09. The summed E-state index contributed by atoms with van der Waals surface area (Å²) in [6, 6.07) is 0. The molecule has 0 bridgehead atoms. The Balaban J connectivity index is 3.05. The number of halogens is 1. The fourth-order valence-corrected chi connectivity index (χ4v) is 1.95. The Morgan fingerprint density at radius 2 is 2.31 bits per heavy atom. The number of aromatic nitrogens is 2. The van der Waals surface area contributed by atoms with E-state index in [1.165, 1.54) is 0 Å². The van der Waals surface area contributed by atoms with Crippen molar-refractivity contribution in [2.75, 3.05) is 0 Å². The summed E-state index contributed by atoms with van der Waals surface area (Å²) in [5, 5.41) is 11.5. The average Bonchev–Trinajstić information content (AvgIpc) is 2.31. The molecule has 1 aromatic rings. The monoisotopic (exact) mass is 244 g/mol. The fraction of sp³-hybridized carbons (Fsp3) is 0.500. The molecule has 0 aliphatic rings. The largest absolute Gasteiger partial charge is 0.387 e. The molecule has 4 nitrogen and oxygen atoms in total. The molecule has 0 aliphatic carbocycles. The van der Waals surface area contributed by atoms with Crippen LogP contribution in [0.2, 0.25) is 0 Å². The van der Waals surface area contributed by atoms with Gasteiger partial charge in [0.1, 0.15) is 0 Å². The summed E-state index contributed by atoms with van der Waals surface area (Å²) < 4.78 is 2.75. The van der Waals surface area contributed by atoms with Gasteiger partial charge >= 0.3 is 0 Å². The minimum Gasteiger partial charge on any atom is -0.387 e. The summed E-state index contributed by atoms with van der Waals surface area (Å²) >= 11 is 3.46. The number of nitrogens with one attached hydrogen (secondary N) is 1. The molecule has 13 heavy (non-hydrogen) atoms. The lowest BCUT2D eigenvalue weighted by Crippen LogP contribution is -2.15. The quantitative estimate of drug-likeness (QED) is 0.621. The Bertz CT molecular complexity index is 329. The lowest BCUT2D eigenvalue weighted by atomic mass is 10.2. The molecule has 1 aromatic heterocycles. The molecule has 0 aliphatic heterocycles. The molecule has 1 rings (SSSR count). The molecule has 3 N–H and O–H groups in total. The summed E-state index contributed by atoms with van der Waals surface area (Å²) in [6.45, 7) is 2.05. The van der Waals surface area contributed by atoms with Crippen LogP contribution >= 0.6 is 15.9 Å². The van der Waals surface area contributed by atoms with Crippen LogP contribution in [0, 0.1) is 5.41 Å². The van der Waals surface area contributed by atoms with Gasteiger partial charge in [-0.3, -0.25) is 10.1 Å². The van der Waals surface area contributed by atoms with Gasteiger partial charge in [0.2, 0.25) is 0 Å². The molecule has 0 saturated heterocycles. The highest BCUT2D eigenvalue weighted by molar-refractivity contribution is 9.10. The van der Waals surface area contributed by atoms with Gasteiger partial charge < -0.3 is 5.73 Å². The van der Waals surface area contributed by atoms with E-state index in [2.05, 4.69) is 21.0 Å². The van der Waals surface area contributed by atoms with Crippen LogP contribution in [-0.4, -0.2) is 15.6 Å². The van der Waals surface area contributed by atoms with Crippen molar-refractivity contribution in [3.8, 4) is 0 Å². The smallest absolute Gasteiger partial charge is 0.0966 e. The van der Waals surface area contributed by atoms with Crippen LogP contribution < -0.4 is 5.73 Å². The summed E-state index contributed by atoms with van der Waals surface area (Å²) in [6.07, 6.45) is 1.33. The summed E-state index contributed by atoms with van der Waals surface area (Å²) in [7, 11) is 1.86. The molecule has 0 aromatic carbocycles. The standard InChI is InChI=1S/C8H13BrN4/c1-3-5-8(9)6(4-7(10)11)13(2)12-5/h3-4H2,1-2H3,(H3,10,11). The number of hydrogen-bond donors (Lipinski definition) is 2. The number of amidine groups is 1. The second kappa shape index (κ2) is 3.91. The molecule has 1 heterocycles. The van der Waals surface area contributed by atoms with Crippen LogP contribution in [0.5, 0.6) is 0 Å². The number of nitrogens with zero attached hydrogens (tertiary/aromatic N) is 2. The maximum atomic E-state index is 7.21. The third kappa shape index (κ3) is 2.09. The Morgan fingerprint density at radius 1 is 1.69 bits per heavy atom. The van der Waals surface area contributed by atoms with Gasteiger partial charge in [-0.25, -0.2) is 0 Å². The summed E-state index contributed by atoms with van der Waals surface area (Å²) in [4.78, 5) is 0. The molecule has 0 spiro atoms. The lowest BCUT2D eigenvalue weighted by Gasteiger charge is -1.99. The lowest BCUT2D eigenvalue weighted by molar-refractivity contribution is 0.715. The first-order chi connectivity index (χ1) is 6.06. The van der Waals surface area contributed by atoms with Gasteiger partial charge in [-0.15, -0.1) is 0 Å². The van der Waals surface area contributed by atoms with E-state index in [-0.39, 0.29) is 5.84 Å². The molecule has 0 fully saturated rings. The molecule has 0 radical (unpaired) electrons. The second-order valence-corrected chi connectivity index (χ2v) is 3.68. The van der Waals surface area contributed by atoms with E-state index < -0.39 is 0 Å². The van der Waals surface area contributed by atoms with Crippen molar-refractivity contribution in [3.05, 3.63) is 15.9 Å². The zero-order valence-electron chi connectivity index (χ0n) is 7.76. The molecule has 0 saturated carbocycles. The third-order valence-corrected chi connectivity index (χ3v) is 2.78. The van der Waals surface area contributed by atoms with Crippen molar-refractivity contribution in [2.24, 2.45) is 12.8 Å². The predicted octanol–water partition coefficient (Wildman–Crippen LogP) is 1.22. The minimum absolute atomic E-state index is 0.159. The van der Waals surface area contributed by atoms with Crippen molar-refractivity contribution < 1.29 is 0 Å². The maximum Gasteiger partial charge on any atom is 0.0966 e. The number of hydrogen-bond acceptors (Lipinski definition) is 2. The van der Waals surface area contributed by atoms with Crippen molar-refractivity contribution >= 4 is 21.8 Å². The van der Waals surface area contributed by atoms with Crippen LogP contribution in [-0.2, 0) is 19.9 Å². The van der Waals surface area contributed by atoms with Crippen LogP contribution in [0.15, 0.2) is 4.47 Å². The number of rotatable bonds is 3. The Hall–Kier alpha value is -0.840. The van der Waals surface area contributed by atoms with Crippen LogP contribution in [0.1, 0.15) is 18.3 Å². The number of nitrogens with two attached hydrogens (primary N) is 1. The van der Waals surface area contributed by atoms with E-state index in [0.29, 0.717) is 6.42 Å². The zero-order valence-corrected chi connectivity index (χ0v) is 9.35. The molecule has 0 atom stereocenters. The van der Waals surface area contributed by atoms with Gasteiger partial charge in [-0.1, -0.05) is 6.92 Å². The predicted molar refractivity (Wildman–Crippen MR) is 55.9 cm³/mol. The van der Waals surface area contributed by atoms with Gasteiger partial charge in [0.05, 0.1) is 21.7 Å². The molecule has 0 unspecified atom stereocenters. The topological polar surface area (TPSA) is 67.7 Å². The SMILES string of the molecule is CCc1nn(C)c(CC(=N)N)c1Br. The van der Waals surface area contributed by atoms with E-state index >= 15 is 0 Å². The Morgan fingerprint density at radius 3 is 2.69 bits per heavy atom. The Labute approximate surface area is 85.8 Å². The Kier molecular flexibility index (Phi) is 3.08. The van der Waals surface area contributed by atoms with E-state index in [0.717, 1.165) is 22.3 Å². The highest BCUT2D eigenvalue weighted by Crippen LogP contribution is 2.21. The highest BCUT2D eigenvalue weighted by Gasteiger charge is 2.12. The fourth-order valence-electron chi connectivity index (χ4n) is 1.19. The van der Waals surface area contributed by atoms with E-state index in [4.69, 9.17) is 11.1 Å². The van der Waals surface area contributed by atoms with Gasteiger partial charge in [0, 0.05) is 13.5 Å². The first kappa shape index (κ1) is 10.2. The van der Waals surface area contributed by atoms with E-state index in [1.807, 2.05) is 14.0 Å². The van der Waals surface area contributed by atoms with Crippen LogP contribution in [0.3, 0.4) is 0 Å². The molecular formula is C8H13BrN4. The maximum absolute atomic E-state index is 7.21. The van der Waals surface area contributed by atoms with Crippen LogP contribution in [0.25, 0.3) is 0 Å². The van der Waals surface area contributed by atoms with Gasteiger partial charge in [0.25, 0.3) is 0 Å². The average molecular weight is 245 g/mol. The molecular weight excluding hydrogens is 232 g/mol. The molecule has 72 valence electrons. The van der Waals surface area contributed by atoms with Gasteiger partial charge in [0.15, 0.2) is 0 Å². The zero-order chi connectivity index (χ0) is 10.0. The first-order valence-corrected chi connectivity index (χ1v) is 4.88. The van der Waals surface area contributed by atoms with Crippen molar-refractivity contribution in [3.63, 3.8) is 0 Å². The second-order valence-electron chi connectivity index (χ2n) is 2.89. The summed E-state index contributed by atoms with van der Waals surface area (Å²) in [5.74, 6) is 0.159. The summed E-state index contributed by atoms with van der Waals surface area (Å²) in [5.41, 5.74) is 7.31. The number of aryl methyl sites for hydroxylation is 2. The van der Waals surface area contributed by atoms with E-state index in [9.17, 15) is 0 Å². The normalized spacial score (nSPS) is 10.4. The molecule has 5 heteroatoms. The highest BCUT2D eigenvalue weighted by atomic mass is 79.9. The van der Waals surface area contributed by atoms with Crippen LogP contribution in [0.4, 0.5) is 0 Å². The van der Waals surface area contributed by atoms with Crippen molar-refractivity contribution in [2.45, 2.75) is 19.8 Å². The third-order valence-electron chi connectivity index (χ3n) is 1.86. The van der Waals surface area contributed by atoms with E-state index in [1.54, 1.807) is 4.68 Å². The van der Waals surface area contributed by atoms with Gasteiger partial charge in [-0.2, -0.15) is 5.10 Å². The minimum atomic E-state index is 0.159. The molecule has 0 amide bonds. The van der Waals surface area contributed by atoms with Gasteiger partial charge in [-0.05, 0) is 22.4 Å². The van der Waals surface area contributed by atoms with Crippen molar-refractivity contribution in [1.29, 1.82) is 5.41 Å². The van der Waals surface area contributed by atoms with Crippen molar-refractivity contribution in [1.82, 2.24) is 9.78 Å².